The Hall–Kier alpha value is -2.54. The van der Waals surface area contributed by atoms with Gasteiger partial charge < -0.3 is 10.6 Å². The molecule has 22 heavy (non-hydrogen) atoms. The molecule has 0 saturated heterocycles. The van der Waals surface area contributed by atoms with Gasteiger partial charge in [-0.05, 0) is 19.1 Å². The first kappa shape index (κ1) is 15.8. The van der Waals surface area contributed by atoms with Crippen LogP contribution >= 0.6 is 12.2 Å². The number of hydrogen-bond donors (Lipinski definition) is 2. The van der Waals surface area contributed by atoms with Crippen LogP contribution in [0.25, 0.3) is 10.8 Å². The number of amides is 1. The zero-order valence-corrected chi connectivity index (χ0v) is 13.2. The number of carbonyl (C=O) groups excluding carboxylic acids is 1. The Balaban J connectivity index is 2.53. The van der Waals surface area contributed by atoms with E-state index in [-0.39, 0.29) is 11.0 Å². The minimum Gasteiger partial charge on any atom is -0.375 e. The van der Waals surface area contributed by atoms with Crippen LogP contribution in [0.3, 0.4) is 0 Å². The van der Waals surface area contributed by atoms with Gasteiger partial charge >= 0.3 is 0 Å². The van der Waals surface area contributed by atoms with Crippen LogP contribution in [-0.2, 0) is 4.79 Å². The number of nitrogens with one attached hydrogen (secondary N) is 1. The lowest BCUT2D eigenvalue weighted by Gasteiger charge is -2.21. The van der Waals surface area contributed by atoms with E-state index < -0.39 is 0 Å². The van der Waals surface area contributed by atoms with Gasteiger partial charge in [0.05, 0.1) is 23.8 Å². The topological polar surface area (TPSA) is 83.6 Å². The monoisotopic (exact) mass is 315 g/mol. The van der Waals surface area contributed by atoms with Crippen molar-refractivity contribution in [3.8, 4) is 0 Å². The molecule has 0 spiro atoms. The summed E-state index contributed by atoms with van der Waals surface area (Å²) >= 11 is 4.69. The van der Waals surface area contributed by atoms with E-state index in [1.165, 1.54) is 0 Å². The third-order valence-corrected chi connectivity index (χ3v) is 3.24. The summed E-state index contributed by atoms with van der Waals surface area (Å²) in [4.78, 5) is 17.9. The number of carbonyl (C=O) groups is 1. The molecule has 0 bridgehead atoms. The second-order valence-corrected chi connectivity index (χ2v) is 5.01. The zero-order chi connectivity index (χ0) is 16.1. The zero-order valence-electron chi connectivity index (χ0n) is 12.4. The number of anilines is 1. The second-order valence-electron chi connectivity index (χ2n) is 4.57. The Morgan fingerprint density at radius 3 is 2.73 bits per heavy atom. The quantitative estimate of drug-likeness (QED) is 0.510. The summed E-state index contributed by atoms with van der Waals surface area (Å²) < 4.78 is 0. The Labute approximate surface area is 134 Å². The number of nitrogens with two attached hydrogens (primary N) is 1. The molecule has 2 rings (SSSR count). The minimum atomic E-state index is -0.0222. The SMILES string of the molecule is CCN(C(C)=O)c1cnc(/C=N\NC(N)=S)c2ccccc12. The highest BCUT2D eigenvalue weighted by Gasteiger charge is 2.14. The molecule has 3 N–H and O–H groups in total. The molecule has 2 aromatic rings. The molecule has 6 nitrogen and oxygen atoms in total. The maximum Gasteiger partial charge on any atom is 0.223 e. The van der Waals surface area contributed by atoms with Gasteiger partial charge in [-0.1, -0.05) is 24.3 Å². The van der Waals surface area contributed by atoms with E-state index >= 15 is 0 Å². The normalized spacial score (nSPS) is 10.8. The summed E-state index contributed by atoms with van der Waals surface area (Å²) in [7, 11) is 0. The first-order chi connectivity index (χ1) is 10.5. The maximum atomic E-state index is 11.8. The highest BCUT2D eigenvalue weighted by Crippen LogP contribution is 2.27. The summed E-state index contributed by atoms with van der Waals surface area (Å²) in [6.07, 6.45) is 3.23. The molecule has 0 aliphatic carbocycles. The van der Waals surface area contributed by atoms with Gasteiger partial charge in [0.1, 0.15) is 0 Å². The molecular weight excluding hydrogens is 298 g/mol. The third-order valence-electron chi connectivity index (χ3n) is 3.15. The molecule has 114 valence electrons. The summed E-state index contributed by atoms with van der Waals surface area (Å²) in [5, 5.41) is 5.86. The summed E-state index contributed by atoms with van der Waals surface area (Å²) in [5.41, 5.74) is 9.28. The van der Waals surface area contributed by atoms with E-state index in [2.05, 4.69) is 15.5 Å². The standard InChI is InChI=1S/C15H17N5OS/c1-3-20(10(2)21)14-9-17-13(8-18-19-15(16)22)11-6-4-5-7-12(11)14/h4-9H,3H2,1-2H3,(H3,16,19,22)/b18-8-. The highest BCUT2D eigenvalue weighted by atomic mass is 32.1. The number of pyridine rings is 1. The van der Waals surface area contributed by atoms with Gasteiger partial charge in [0.15, 0.2) is 5.11 Å². The Morgan fingerprint density at radius 2 is 2.14 bits per heavy atom. The lowest BCUT2D eigenvalue weighted by molar-refractivity contribution is -0.116. The third kappa shape index (κ3) is 3.37. The molecule has 0 aliphatic heterocycles. The van der Waals surface area contributed by atoms with Crippen molar-refractivity contribution in [1.82, 2.24) is 10.4 Å². The Morgan fingerprint density at radius 1 is 1.45 bits per heavy atom. The maximum absolute atomic E-state index is 11.8. The fourth-order valence-electron chi connectivity index (χ4n) is 2.24. The van der Waals surface area contributed by atoms with Gasteiger partial charge in [0.2, 0.25) is 5.91 Å². The number of hydrogen-bond acceptors (Lipinski definition) is 4. The molecule has 1 heterocycles. The number of aromatic nitrogens is 1. The van der Waals surface area contributed by atoms with Crippen molar-refractivity contribution in [2.24, 2.45) is 10.8 Å². The number of fused-ring (bicyclic) bond motifs is 1. The van der Waals surface area contributed by atoms with Crippen LogP contribution in [0.4, 0.5) is 5.69 Å². The lowest BCUT2D eigenvalue weighted by Crippen LogP contribution is -2.28. The summed E-state index contributed by atoms with van der Waals surface area (Å²) in [6, 6.07) is 7.72. The van der Waals surface area contributed by atoms with Crippen LogP contribution in [0.1, 0.15) is 19.5 Å². The molecule has 7 heteroatoms. The van der Waals surface area contributed by atoms with Crippen LogP contribution in [0.5, 0.6) is 0 Å². The fraction of sp³-hybridized carbons (Fsp3) is 0.200. The van der Waals surface area contributed by atoms with Gasteiger partial charge in [0, 0.05) is 24.2 Å². The van der Waals surface area contributed by atoms with E-state index in [1.54, 1.807) is 24.2 Å². The number of rotatable bonds is 4. The van der Waals surface area contributed by atoms with E-state index in [1.807, 2.05) is 31.2 Å². The van der Waals surface area contributed by atoms with Gasteiger partial charge in [-0.15, -0.1) is 0 Å². The highest BCUT2D eigenvalue weighted by molar-refractivity contribution is 7.80. The van der Waals surface area contributed by atoms with Crippen LogP contribution < -0.4 is 16.1 Å². The minimum absolute atomic E-state index is 0.0222. The van der Waals surface area contributed by atoms with E-state index in [0.29, 0.717) is 12.2 Å². The Bertz CT molecular complexity index is 744. The van der Waals surface area contributed by atoms with Gasteiger partial charge in [-0.2, -0.15) is 5.10 Å². The molecule has 0 atom stereocenters. The van der Waals surface area contributed by atoms with Crippen LogP contribution in [-0.4, -0.2) is 28.8 Å². The summed E-state index contributed by atoms with van der Waals surface area (Å²) in [6.45, 7) is 4.05. The average molecular weight is 315 g/mol. The van der Waals surface area contributed by atoms with Gasteiger partial charge in [0.25, 0.3) is 0 Å². The van der Waals surface area contributed by atoms with E-state index in [9.17, 15) is 4.79 Å². The van der Waals surface area contributed by atoms with E-state index in [4.69, 9.17) is 18.0 Å². The lowest BCUT2D eigenvalue weighted by atomic mass is 10.1. The second kappa shape index (κ2) is 6.95. The van der Waals surface area contributed by atoms with Crippen molar-refractivity contribution in [3.05, 3.63) is 36.2 Å². The van der Waals surface area contributed by atoms with Crippen molar-refractivity contribution < 1.29 is 4.79 Å². The van der Waals surface area contributed by atoms with Crippen LogP contribution in [0.2, 0.25) is 0 Å². The first-order valence-corrected chi connectivity index (χ1v) is 7.19. The van der Waals surface area contributed by atoms with Crippen LogP contribution in [0, 0.1) is 0 Å². The molecule has 1 amide bonds. The smallest absolute Gasteiger partial charge is 0.223 e. The van der Waals surface area contributed by atoms with Crippen molar-refractivity contribution in [1.29, 1.82) is 0 Å². The molecule has 0 unspecified atom stereocenters. The van der Waals surface area contributed by atoms with Crippen molar-refractivity contribution in [2.75, 3.05) is 11.4 Å². The largest absolute Gasteiger partial charge is 0.375 e. The molecule has 1 aromatic carbocycles. The molecule has 0 radical (unpaired) electrons. The average Bonchev–Trinajstić information content (AvgIpc) is 2.49. The molecule has 1 aromatic heterocycles. The van der Waals surface area contributed by atoms with Gasteiger partial charge in [-0.25, -0.2) is 0 Å². The predicted octanol–water partition coefficient (Wildman–Crippen LogP) is 1.77. The number of thiocarbonyl (C=S) groups is 1. The molecule has 0 aliphatic rings. The molecule has 0 fully saturated rings. The number of benzene rings is 1. The van der Waals surface area contributed by atoms with Gasteiger partial charge in [-0.3, -0.25) is 15.2 Å². The van der Waals surface area contributed by atoms with Crippen LogP contribution in [0.15, 0.2) is 35.6 Å². The summed E-state index contributed by atoms with van der Waals surface area (Å²) in [5.74, 6) is -0.0222. The fourth-order valence-corrected chi connectivity index (χ4v) is 2.29. The van der Waals surface area contributed by atoms with Crippen molar-refractivity contribution >= 4 is 45.9 Å². The molecular formula is C15H17N5OS. The molecule has 0 saturated carbocycles. The Kier molecular flexibility index (Phi) is 5.00. The first-order valence-electron chi connectivity index (χ1n) is 6.79. The van der Waals surface area contributed by atoms with Crippen molar-refractivity contribution in [3.63, 3.8) is 0 Å². The van der Waals surface area contributed by atoms with Crippen molar-refractivity contribution in [2.45, 2.75) is 13.8 Å². The number of hydrazone groups is 1. The number of nitrogens with zero attached hydrogens (tertiary/aromatic N) is 3. The van der Waals surface area contributed by atoms with E-state index in [0.717, 1.165) is 16.5 Å². The predicted molar refractivity (Wildman–Crippen MR) is 93.0 cm³/mol.